The molecule has 0 radical (unpaired) electrons. The molecule has 1 N–H and O–H groups in total. The minimum absolute atomic E-state index is 0.0984. The molecule has 0 saturated carbocycles. The lowest BCUT2D eigenvalue weighted by Gasteiger charge is -2.09. The first-order chi connectivity index (χ1) is 12.8. The number of imidazole rings is 2. The van der Waals surface area contributed by atoms with Gasteiger partial charge in [0.1, 0.15) is 5.82 Å². The summed E-state index contributed by atoms with van der Waals surface area (Å²) in [6, 6.07) is 15.9. The van der Waals surface area contributed by atoms with Gasteiger partial charge in [-0.05, 0) is 44.0 Å². The van der Waals surface area contributed by atoms with Crippen LogP contribution in [0.1, 0.15) is 25.6 Å². The van der Waals surface area contributed by atoms with E-state index in [0.717, 1.165) is 47.3 Å². The lowest BCUT2D eigenvalue weighted by atomic mass is 10.2. The van der Waals surface area contributed by atoms with E-state index in [0.29, 0.717) is 6.54 Å². The van der Waals surface area contributed by atoms with Crippen LogP contribution in [0.5, 0.6) is 0 Å². The Morgan fingerprint density at radius 1 is 1.04 bits per heavy atom. The number of aromatic nitrogens is 4. The molecule has 0 unspecified atom stereocenters. The number of nitrogens with one attached hydrogen (secondary N) is 1. The molecule has 5 heteroatoms. The second kappa shape index (κ2) is 7.04. The maximum absolute atomic E-state index is 12.4. The molecule has 2 aromatic heterocycles. The van der Waals surface area contributed by atoms with Gasteiger partial charge in [-0.15, -0.1) is 0 Å². The normalized spacial score (nSPS) is 11.9. The third-order valence-corrected chi connectivity index (χ3v) is 4.70. The number of hydrogen-bond acceptors (Lipinski definition) is 2. The summed E-state index contributed by atoms with van der Waals surface area (Å²) in [5.41, 5.74) is 3.76. The Kier molecular flexibility index (Phi) is 4.44. The number of para-hydroxylation sites is 4. The smallest absolute Gasteiger partial charge is 0.326 e. The third kappa shape index (κ3) is 2.96. The van der Waals surface area contributed by atoms with Gasteiger partial charge in [-0.1, -0.05) is 36.4 Å². The van der Waals surface area contributed by atoms with E-state index in [1.807, 2.05) is 49.4 Å². The number of nitrogens with zero attached hydrogens (tertiary/aromatic N) is 3. The van der Waals surface area contributed by atoms with E-state index in [-0.39, 0.29) is 5.69 Å². The average molecular weight is 346 g/mol. The summed E-state index contributed by atoms with van der Waals surface area (Å²) in [6.45, 7) is 3.39. The molecule has 0 amide bonds. The van der Waals surface area contributed by atoms with Gasteiger partial charge in [-0.2, -0.15) is 0 Å². The number of benzene rings is 2. The summed E-state index contributed by atoms with van der Waals surface area (Å²) >= 11 is 0. The van der Waals surface area contributed by atoms with Crippen LogP contribution in [0.2, 0.25) is 0 Å². The standard InChI is InChI=1S/C21H22N4O/c1-2-3-4-9-14-24-18-12-7-5-10-16(18)22-20(24)15-25-19-13-8-6-11-17(19)23-21(25)26/h2-3,5-8,10-13H,4,9,14-15H2,1H3,(H,23,26)/b3-2+. The fourth-order valence-corrected chi connectivity index (χ4v) is 3.43. The van der Waals surface area contributed by atoms with Gasteiger partial charge >= 0.3 is 5.69 Å². The molecule has 26 heavy (non-hydrogen) atoms. The second-order valence-electron chi connectivity index (χ2n) is 6.41. The van der Waals surface area contributed by atoms with Crippen molar-refractivity contribution in [3.8, 4) is 0 Å². The Morgan fingerprint density at radius 2 is 1.81 bits per heavy atom. The predicted octanol–water partition coefficient (Wildman–Crippen LogP) is 4.08. The Hall–Kier alpha value is -3.08. The van der Waals surface area contributed by atoms with Crippen LogP contribution in [0.25, 0.3) is 22.1 Å². The van der Waals surface area contributed by atoms with Crippen molar-refractivity contribution in [3.63, 3.8) is 0 Å². The first kappa shape index (κ1) is 16.4. The predicted molar refractivity (Wildman–Crippen MR) is 105 cm³/mol. The van der Waals surface area contributed by atoms with Crippen LogP contribution < -0.4 is 5.69 Å². The van der Waals surface area contributed by atoms with Gasteiger partial charge in [-0.25, -0.2) is 9.78 Å². The zero-order valence-corrected chi connectivity index (χ0v) is 14.9. The Morgan fingerprint density at radius 3 is 2.65 bits per heavy atom. The van der Waals surface area contributed by atoms with Crippen molar-refractivity contribution in [1.29, 1.82) is 0 Å². The van der Waals surface area contributed by atoms with Crippen molar-refractivity contribution in [1.82, 2.24) is 19.1 Å². The van der Waals surface area contributed by atoms with Gasteiger partial charge in [0.05, 0.1) is 28.6 Å². The SMILES string of the molecule is C/C=C/CCCn1c(Cn2c(=O)[nH]c3ccccc32)nc2ccccc21. The van der Waals surface area contributed by atoms with Gasteiger partial charge in [0.25, 0.3) is 0 Å². The zero-order chi connectivity index (χ0) is 17.9. The first-order valence-corrected chi connectivity index (χ1v) is 9.01. The van der Waals surface area contributed by atoms with E-state index >= 15 is 0 Å². The molecule has 0 aliphatic carbocycles. The molecule has 2 heterocycles. The fraction of sp³-hybridized carbons (Fsp3) is 0.238. The number of hydrogen-bond donors (Lipinski definition) is 1. The topological polar surface area (TPSA) is 55.6 Å². The number of allylic oxidation sites excluding steroid dienone is 2. The molecule has 4 aromatic rings. The van der Waals surface area contributed by atoms with E-state index in [1.54, 1.807) is 4.57 Å². The molecule has 0 aliphatic heterocycles. The summed E-state index contributed by atoms with van der Waals surface area (Å²) in [5, 5.41) is 0. The van der Waals surface area contributed by atoms with Gasteiger partial charge in [0.15, 0.2) is 0 Å². The summed E-state index contributed by atoms with van der Waals surface area (Å²) in [5.74, 6) is 0.915. The van der Waals surface area contributed by atoms with Crippen molar-refractivity contribution in [2.75, 3.05) is 0 Å². The molecular formula is C21H22N4O. The largest absolute Gasteiger partial charge is 0.326 e. The summed E-state index contributed by atoms with van der Waals surface area (Å²) in [6.07, 6.45) is 6.34. The highest BCUT2D eigenvalue weighted by Crippen LogP contribution is 2.19. The molecule has 0 fully saturated rings. The molecule has 4 rings (SSSR count). The molecule has 0 saturated heterocycles. The molecule has 2 aromatic carbocycles. The van der Waals surface area contributed by atoms with Crippen LogP contribution in [-0.2, 0) is 13.1 Å². The Balaban J connectivity index is 1.75. The highest BCUT2D eigenvalue weighted by atomic mass is 16.1. The number of unbranched alkanes of at least 4 members (excludes halogenated alkanes) is 1. The van der Waals surface area contributed by atoms with Crippen LogP contribution >= 0.6 is 0 Å². The zero-order valence-electron chi connectivity index (χ0n) is 14.9. The fourth-order valence-electron chi connectivity index (χ4n) is 3.43. The van der Waals surface area contributed by atoms with E-state index in [1.165, 1.54) is 0 Å². The van der Waals surface area contributed by atoms with Crippen LogP contribution in [-0.4, -0.2) is 19.1 Å². The monoisotopic (exact) mass is 346 g/mol. The number of fused-ring (bicyclic) bond motifs is 2. The minimum Gasteiger partial charge on any atom is -0.326 e. The quantitative estimate of drug-likeness (QED) is 0.422. The highest BCUT2D eigenvalue weighted by molar-refractivity contribution is 5.77. The third-order valence-electron chi connectivity index (χ3n) is 4.70. The average Bonchev–Trinajstić information content (AvgIpc) is 3.17. The molecule has 0 aliphatic rings. The Labute approximate surface area is 151 Å². The van der Waals surface area contributed by atoms with E-state index < -0.39 is 0 Å². The molecule has 0 spiro atoms. The van der Waals surface area contributed by atoms with Crippen LogP contribution in [0.4, 0.5) is 0 Å². The molecule has 0 atom stereocenters. The van der Waals surface area contributed by atoms with Crippen molar-refractivity contribution in [2.45, 2.75) is 32.9 Å². The van der Waals surface area contributed by atoms with Crippen molar-refractivity contribution >= 4 is 22.1 Å². The van der Waals surface area contributed by atoms with Crippen molar-refractivity contribution in [3.05, 3.63) is 77.0 Å². The molecule has 132 valence electrons. The number of aryl methyl sites for hydroxylation is 1. The number of H-pyrrole nitrogens is 1. The van der Waals surface area contributed by atoms with Gasteiger partial charge in [-0.3, -0.25) is 4.57 Å². The van der Waals surface area contributed by atoms with Crippen molar-refractivity contribution in [2.24, 2.45) is 0 Å². The summed E-state index contributed by atoms with van der Waals surface area (Å²) in [4.78, 5) is 20.2. The maximum Gasteiger partial charge on any atom is 0.326 e. The van der Waals surface area contributed by atoms with Crippen molar-refractivity contribution < 1.29 is 0 Å². The first-order valence-electron chi connectivity index (χ1n) is 9.01. The lowest BCUT2D eigenvalue weighted by Crippen LogP contribution is -2.20. The van der Waals surface area contributed by atoms with E-state index in [2.05, 4.69) is 27.8 Å². The van der Waals surface area contributed by atoms with Gasteiger partial charge in [0, 0.05) is 6.54 Å². The highest BCUT2D eigenvalue weighted by Gasteiger charge is 2.13. The number of aromatic amines is 1. The second-order valence-corrected chi connectivity index (χ2v) is 6.41. The minimum atomic E-state index is -0.0984. The molecule has 0 bridgehead atoms. The van der Waals surface area contributed by atoms with Crippen LogP contribution in [0.15, 0.2) is 65.5 Å². The maximum atomic E-state index is 12.4. The Bertz CT molecular complexity index is 1130. The lowest BCUT2D eigenvalue weighted by molar-refractivity contribution is 0.608. The summed E-state index contributed by atoms with van der Waals surface area (Å²) < 4.78 is 4.01. The van der Waals surface area contributed by atoms with E-state index in [4.69, 9.17) is 4.98 Å². The number of rotatable bonds is 6. The molecular weight excluding hydrogens is 324 g/mol. The van der Waals surface area contributed by atoms with Crippen LogP contribution in [0, 0.1) is 0 Å². The van der Waals surface area contributed by atoms with Gasteiger partial charge < -0.3 is 9.55 Å². The summed E-state index contributed by atoms with van der Waals surface area (Å²) in [7, 11) is 0. The molecule has 5 nitrogen and oxygen atoms in total. The van der Waals surface area contributed by atoms with Crippen LogP contribution in [0.3, 0.4) is 0 Å². The van der Waals surface area contributed by atoms with Gasteiger partial charge in [0.2, 0.25) is 0 Å². The van der Waals surface area contributed by atoms with E-state index in [9.17, 15) is 4.79 Å².